The van der Waals surface area contributed by atoms with Crippen LogP contribution in [0.4, 0.5) is 0 Å². The normalized spacial score (nSPS) is 11.0. The summed E-state index contributed by atoms with van der Waals surface area (Å²) in [7, 11) is 0. The molecule has 4 rings (SSSR count). The molecule has 0 fully saturated rings. The van der Waals surface area contributed by atoms with Gasteiger partial charge in [-0.3, -0.25) is 9.36 Å². The van der Waals surface area contributed by atoms with Crippen LogP contribution in [0.25, 0.3) is 17.1 Å². The van der Waals surface area contributed by atoms with Crippen molar-refractivity contribution in [2.45, 2.75) is 25.4 Å². The molecule has 1 heterocycles. The highest BCUT2D eigenvalue weighted by atomic mass is 35.5. The van der Waals surface area contributed by atoms with E-state index in [-0.39, 0.29) is 11.7 Å². The second kappa shape index (κ2) is 13.6. The Labute approximate surface area is 231 Å². The first-order valence-corrected chi connectivity index (χ1v) is 13.6. The predicted octanol–water partition coefficient (Wildman–Crippen LogP) is 6.02. The largest absolute Gasteiger partial charge is 0.494 e. The van der Waals surface area contributed by atoms with Gasteiger partial charge in [0.2, 0.25) is 0 Å². The third-order valence-corrected chi connectivity index (χ3v) is 6.41. The smallest absolute Gasteiger partial charge is 0.250 e. The number of nitrogens with one attached hydrogen (secondary N) is 1. The molecule has 1 N–H and O–H groups in total. The van der Waals surface area contributed by atoms with E-state index in [0.717, 1.165) is 34.7 Å². The number of halogens is 1. The molecule has 196 valence electrons. The molecule has 3 aromatic carbocycles. The van der Waals surface area contributed by atoms with E-state index >= 15 is 0 Å². The van der Waals surface area contributed by atoms with E-state index in [0.29, 0.717) is 29.2 Å². The van der Waals surface area contributed by atoms with Gasteiger partial charge in [-0.2, -0.15) is 5.10 Å². The lowest BCUT2D eigenvalue weighted by Crippen LogP contribution is -2.20. The SMILES string of the molecule is CCCOc1ccc(C=NNC(=O)CSc2nnc(-c3ccc(Cl)cc3)n2-c2ccc(OCC)cc2)cc1. The lowest BCUT2D eigenvalue weighted by atomic mass is 10.2. The van der Waals surface area contributed by atoms with Crippen molar-refractivity contribution >= 4 is 35.5 Å². The van der Waals surface area contributed by atoms with Crippen molar-refractivity contribution in [2.24, 2.45) is 5.10 Å². The lowest BCUT2D eigenvalue weighted by Gasteiger charge is -2.11. The van der Waals surface area contributed by atoms with Crippen LogP contribution < -0.4 is 14.9 Å². The van der Waals surface area contributed by atoms with E-state index in [1.807, 2.05) is 72.2 Å². The maximum atomic E-state index is 12.5. The summed E-state index contributed by atoms with van der Waals surface area (Å²) in [6, 6.07) is 22.5. The van der Waals surface area contributed by atoms with E-state index in [1.165, 1.54) is 11.8 Å². The van der Waals surface area contributed by atoms with Gasteiger partial charge in [0.05, 0.1) is 25.2 Å². The standard InChI is InChI=1S/C28H28ClN5O3S/c1-3-17-37-25-13-5-20(6-14-25)18-30-31-26(35)19-38-28-33-32-27(21-7-9-22(29)10-8-21)34(28)23-11-15-24(16-12-23)36-4-2/h5-16,18H,3-4,17,19H2,1-2H3,(H,31,35). The van der Waals surface area contributed by atoms with Crippen LogP contribution in [0.15, 0.2) is 83.1 Å². The molecular formula is C28H28ClN5O3S. The number of hydrogen-bond donors (Lipinski definition) is 1. The Kier molecular flexibility index (Phi) is 9.77. The Hall–Kier alpha value is -3.82. The molecule has 10 heteroatoms. The average Bonchev–Trinajstić information content (AvgIpc) is 3.36. The summed E-state index contributed by atoms with van der Waals surface area (Å²) in [6.07, 6.45) is 2.54. The van der Waals surface area contributed by atoms with Crippen LogP contribution >= 0.6 is 23.4 Å². The molecular weight excluding hydrogens is 522 g/mol. The fourth-order valence-corrected chi connectivity index (χ4v) is 4.32. The van der Waals surface area contributed by atoms with Gasteiger partial charge in [-0.25, -0.2) is 5.43 Å². The molecule has 38 heavy (non-hydrogen) atoms. The average molecular weight is 550 g/mol. The first-order valence-electron chi connectivity index (χ1n) is 12.2. The maximum absolute atomic E-state index is 12.5. The Morgan fingerprint density at radius 3 is 2.34 bits per heavy atom. The third-order valence-electron chi connectivity index (χ3n) is 5.23. The third kappa shape index (κ3) is 7.36. The lowest BCUT2D eigenvalue weighted by molar-refractivity contribution is -0.118. The van der Waals surface area contributed by atoms with Crippen molar-refractivity contribution in [1.29, 1.82) is 0 Å². The summed E-state index contributed by atoms with van der Waals surface area (Å²) in [5.74, 6) is 2.06. The zero-order valence-electron chi connectivity index (χ0n) is 21.1. The van der Waals surface area contributed by atoms with Crippen LogP contribution in [0.1, 0.15) is 25.8 Å². The van der Waals surface area contributed by atoms with Gasteiger partial charge >= 0.3 is 0 Å². The summed E-state index contributed by atoms with van der Waals surface area (Å²) in [5.41, 5.74) is 5.11. The molecule has 0 atom stereocenters. The van der Waals surface area contributed by atoms with Crippen molar-refractivity contribution in [3.63, 3.8) is 0 Å². The predicted molar refractivity (Wildman–Crippen MR) is 152 cm³/mol. The van der Waals surface area contributed by atoms with Gasteiger partial charge < -0.3 is 9.47 Å². The van der Waals surface area contributed by atoms with E-state index in [9.17, 15) is 4.79 Å². The van der Waals surface area contributed by atoms with Crippen LogP contribution in [0.5, 0.6) is 11.5 Å². The second-order valence-corrected chi connectivity index (χ2v) is 9.45. The molecule has 8 nitrogen and oxygen atoms in total. The number of hydrazone groups is 1. The van der Waals surface area contributed by atoms with Crippen LogP contribution in [-0.4, -0.2) is 45.9 Å². The first-order chi connectivity index (χ1) is 18.6. The number of hydrogen-bond acceptors (Lipinski definition) is 7. The minimum absolute atomic E-state index is 0.108. The monoisotopic (exact) mass is 549 g/mol. The molecule has 0 aliphatic rings. The Morgan fingerprint density at radius 1 is 0.974 bits per heavy atom. The van der Waals surface area contributed by atoms with Crippen molar-refractivity contribution in [2.75, 3.05) is 19.0 Å². The maximum Gasteiger partial charge on any atom is 0.250 e. The first kappa shape index (κ1) is 27.2. The number of nitrogens with zero attached hydrogens (tertiary/aromatic N) is 4. The number of benzene rings is 3. The number of carbonyl (C=O) groups is 1. The van der Waals surface area contributed by atoms with Crippen molar-refractivity contribution < 1.29 is 14.3 Å². The van der Waals surface area contributed by atoms with Gasteiger partial charge in [0.25, 0.3) is 5.91 Å². The molecule has 0 spiro atoms. The zero-order valence-corrected chi connectivity index (χ0v) is 22.7. The van der Waals surface area contributed by atoms with Gasteiger partial charge in [0.15, 0.2) is 11.0 Å². The fourth-order valence-electron chi connectivity index (χ4n) is 3.45. The summed E-state index contributed by atoms with van der Waals surface area (Å²) >= 11 is 7.34. The van der Waals surface area contributed by atoms with Gasteiger partial charge in [-0.05, 0) is 91.7 Å². The summed E-state index contributed by atoms with van der Waals surface area (Å²) < 4.78 is 13.1. The number of rotatable bonds is 12. The second-order valence-electron chi connectivity index (χ2n) is 8.07. The van der Waals surface area contributed by atoms with Gasteiger partial charge in [-0.15, -0.1) is 10.2 Å². The quantitative estimate of drug-likeness (QED) is 0.132. The summed E-state index contributed by atoms with van der Waals surface area (Å²) in [6.45, 7) is 5.26. The molecule has 0 saturated heterocycles. The molecule has 0 saturated carbocycles. The number of aromatic nitrogens is 3. The highest BCUT2D eigenvalue weighted by molar-refractivity contribution is 7.99. The molecule has 0 radical (unpaired) electrons. The zero-order chi connectivity index (χ0) is 26.7. The number of amides is 1. The molecule has 0 bridgehead atoms. The number of thioether (sulfide) groups is 1. The van der Waals surface area contributed by atoms with E-state index in [2.05, 4.69) is 27.6 Å². The highest BCUT2D eigenvalue weighted by Gasteiger charge is 2.17. The molecule has 1 aromatic heterocycles. The fraction of sp³-hybridized carbons (Fsp3) is 0.214. The van der Waals surface area contributed by atoms with Crippen LogP contribution in [0, 0.1) is 0 Å². The van der Waals surface area contributed by atoms with Crippen LogP contribution in [0.2, 0.25) is 5.02 Å². The van der Waals surface area contributed by atoms with E-state index < -0.39 is 0 Å². The van der Waals surface area contributed by atoms with Gasteiger partial charge in [-0.1, -0.05) is 30.3 Å². The Bertz CT molecular complexity index is 1360. The molecule has 0 unspecified atom stereocenters. The van der Waals surface area contributed by atoms with Crippen LogP contribution in [-0.2, 0) is 4.79 Å². The van der Waals surface area contributed by atoms with E-state index in [1.54, 1.807) is 18.3 Å². The van der Waals surface area contributed by atoms with Crippen molar-refractivity contribution in [3.8, 4) is 28.6 Å². The number of carbonyl (C=O) groups excluding carboxylic acids is 1. The molecule has 1 amide bonds. The van der Waals surface area contributed by atoms with Crippen LogP contribution in [0.3, 0.4) is 0 Å². The Morgan fingerprint density at radius 2 is 1.66 bits per heavy atom. The highest BCUT2D eigenvalue weighted by Crippen LogP contribution is 2.29. The summed E-state index contributed by atoms with van der Waals surface area (Å²) in [5, 5.41) is 14.0. The van der Waals surface area contributed by atoms with E-state index in [4.69, 9.17) is 21.1 Å². The van der Waals surface area contributed by atoms with Gasteiger partial charge in [0.1, 0.15) is 11.5 Å². The minimum Gasteiger partial charge on any atom is -0.494 e. The van der Waals surface area contributed by atoms with Crippen molar-refractivity contribution in [1.82, 2.24) is 20.2 Å². The topological polar surface area (TPSA) is 90.6 Å². The number of ether oxygens (including phenoxy) is 2. The molecule has 0 aliphatic heterocycles. The minimum atomic E-state index is -0.261. The molecule has 4 aromatic rings. The Balaban J connectivity index is 1.45. The van der Waals surface area contributed by atoms with Gasteiger partial charge in [0, 0.05) is 16.3 Å². The summed E-state index contributed by atoms with van der Waals surface area (Å²) in [4.78, 5) is 12.5. The molecule has 0 aliphatic carbocycles. The van der Waals surface area contributed by atoms with Crippen molar-refractivity contribution in [3.05, 3.63) is 83.4 Å².